The van der Waals surface area contributed by atoms with Crippen LogP contribution in [-0.2, 0) is 9.59 Å². The van der Waals surface area contributed by atoms with Crippen molar-refractivity contribution in [3.05, 3.63) is 0 Å². The number of carboxylic acids is 1. The zero-order valence-corrected chi connectivity index (χ0v) is 10.3. The second-order valence-corrected chi connectivity index (χ2v) is 5.44. The number of carbonyl (C=O) groups is 3. The summed E-state index contributed by atoms with van der Waals surface area (Å²) in [5.74, 6) is -1.36. The van der Waals surface area contributed by atoms with E-state index in [9.17, 15) is 14.4 Å². The molecular formula is C11H18N2O4. The van der Waals surface area contributed by atoms with Crippen molar-refractivity contribution in [1.29, 1.82) is 0 Å². The fraction of sp³-hybridized carbons (Fsp3) is 0.727. The third-order valence-electron chi connectivity index (χ3n) is 2.50. The van der Waals surface area contributed by atoms with Gasteiger partial charge in [0.1, 0.15) is 0 Å². The van der Waals surface area contributed by atoms with Gasteiger partial charge in [-0.3, -0.25) is 14.5 Å². The van der Waals surface area contributed by atoms with Crippen LogP contribution in [0.25, 0.3) is 0 Å². The van der Waals surface area contributed by atoms with Gasteiger partial charge in [0.15, 0.2) is 0 Å². The standard InChI is InChI=1S/C11H18N2O4/c1-11(2,3)5-7(4-9(15)16)13-8(14)6-12-10(13)17/h7H,4-6H2,1-3H3,(H,12,17)(H,15,16). The summed E-state index contributed by atoms with van der Waals surface area (Å²) >= 11 is 0. The monoisotopic (exact) mass is 242 g/mol. The first kappa shape index (κ1) is 13.5. The number of carbonyl (C=O) groups excluding carboxylic acids is 2. The van der Waals surface area contributed by atoms with E-state index in [1.54, 1.807) is 0 Å². The maximum Gasteiger partial charge on any atom is 0.324 e. The lowest BCUT2D eigenvalue weighted by molar-refractivity contribution is -0.139. The number of imide groups is 1. The third-order valence-corrected chi connectivity index (χ3v) is 2.50. The summed E-state index contributed by atoms with van der Waals surface area (Å²) in [5, 5.41) is 11.2. The summed E-state index contributed by atoms with van der Waals surface area (Å²) in [5.41, 5.74) is -0.150. The number of urea groups is 1. The molecule has 1 heterocycles. The predicted octanol–water partition coefficient (Wildman–Crippen LogP) is 0.818. The molecular weight excluding hydrogens is 224 g/mol. The highest BCUT2D eigenvalue weighted by Crippen LogP contribution is 2.26. The summed E-state index contributed by atoms with van der Waals surface area (Å²) in [6, 6.07) is -1.08. The van der Waals surface area contributed by atoms with E-state index in [0.717, 1.165) is 4.90 Å². The van der Waals surface area contributed by atoms with Crippen LogP contribution >= 0.6 is 0 Å². The molecule has 0 bridgehead atoms. The molecule has 0 aromatic heterocycles. The molecule has 1 aliphatic heterocycles. The summed E-state index contributed by atoms with van der Waals surface area (Å²) in [6.45, 7) is 5.79. The van der Waals surface area contributed by atoms with Crippen LogP contribution in [0.2, 0.25) is 0 Å². The molecule has 0 saturated carbocycles. The van der Waals surface area contributed by atoms with Crippen molar-refractivity contribution in [2.45, 2.75) is 39.7 Å². The Balaban J connectivity index is 2.85. The topological polar surface area (TPSA) is 86.7 Å². The molecule has 0 radical (unpaired) electrons. The number of aliphatic carboxylic acids is 1. The SMILES string of the molecule is CC(C)(C)CC(CC(=O)O)N1C(=O)CNC1=O. The van der Waals surface area contributed by atoms with Crippen LogP contribution in [0.1, 0.15) is 33.6 Å². The van der Waals surface area contributed by atoms with Crippen LogP contribution in [0, 0.1) is 5.41 Å². The first-order valence-corrected chi connectivity index (χ1v) is 5.52. The van der Waals surface area contributed by atoms with E-state index in [1.165, 1.54) is 0 Å². The minimum atomic E-state index is -1.01. The highest BCUT2D eigenvalue weighted by Gasteiger charge is 2.37. The summed E-state index contributed by atoms with van der Waals surface area (Å²) in [7, 11) is 0. The number of hydrogen-bond donors (Lipinski definition) is 2. The predicted molar refractivity (Wildman–Crippen MR) is 60.4 cm³/mol. The Labute approximate surface area is 100.0 Å². The first-order chi connectivity index (χ1) is 7.70. The first-order valence-electron chi connectivity index (χ1n) is 5.52. The summed E-state index contributed by atoms with van der Waals surface area (Å²) in [6.07, 6.45) is 0.259. The molecule has 1 unspecified atom stereocenters. The molecule has 96 valence electrons. The maximum atomic E-state index is 11.5. The minimum absolute atomic E-state index is 0.0426. The Hall–Kier alpha value is -1.59. The number of nitrogens with one attached hydrogen (secondary N) is 1. The van der Waals surface area contributed by atoms with E-state index in [0.29, 0.717) is 6.42 Å². The van der Waals surface area contributed by atoms with Gasteiger partial charge in [-0.2, -0.15) is 0 Å². The van der Waals surface area contributed by atoms with Gasteiger partial charge < -0.3 is 10.4 Å². The Morgan fingerprint density at radius 2 is 2.06 bits per heavy atom. The van der Waals surface area contributed by atoms with Crippen molar-refractivity contribution in [3.8, 4) is 0 Å². The van der Waals surface area contributed by atoms with E-state index in [1.807, 2.05) is 20.8 Å². The average Bonchev–Trinajstić information content (AvgIpc) is 2.41. The molecule has 17 heavy (non-hydrogen) atoms. The second-order valence-electron chi connectivity index (χ2n) is 5.44. The molecule has 2 N–H and O–H groups in total. The zero-order chi connectivity index (χ0) is 13.2. The van der Waals surface area contributed by atoms with Gasteiger partial charge >= 0.3 is 12.0 Å². The van der Waals surface area contributed by atoms with Crippen LogP contribution in [0.4, 0.5) is 4.79 Å². The molecule has 6 heteroatoms. The molecule has 3 amide bonds. The number of nitrogens with zero attached hydrogens (tertiary/aromatic N) is 1. The average molecular weight is 242 g/mol. The van der Waals surface area contributed by atoms with Gasteiger partial charge in [-0.05, 0) is 11.8 Å². The molecule has 1 atom stereocenters. The fourth-order valence-corrected chi connectivity index (χ4v) is 1.97. The Morgan fingerprint density at radius 1 is 1.47 bits per heavy atom. The van der Waals surface area contributed by atoms with E-state index in [4.69, 9.17) is 5.11 Å². The van der Waals surface area contributed by atoms with Crippen LogP contribution < -0.4 is 5.32 Å². The maximum absolute atomic E-state index is 11.5. The summed E-state index contributed by atoms with van der Waals surface area (Å²) < 4.78 is 0. The second kappa shape index (κ2) is 4.73. The van der Waals surface area contributed by atoms with Gasteiger partial charge in [-0.1, -0.05) is 20.8 Å². The highest BCUT2D eigenvalue weighted by molar-refractivity contribution is 6.02. The number of carboxylic acid groups (broad SMARTS) is 1. The molecule has 6 nitrogen and oxygen atoms in total. The Morgan fingerprint density at radius 3 is 2.41 bits per heavy atom. The molecule has 1 aliphatic rings. The fourth-order valence-electron chi connectivity index (χ4n) is 1.97. The number of amides is 3. The van der Waals surface area contributed by atoms with Gasteiger partial charge in [-0.15, -0.1) is 0 Å². The van der Waals surface area contributed by atoms with E-state index >= 15 is 0 Å². The van der Waals surface area contributed by atoms with E-state index in [2.05, 4.69) is 5.32 Å². The van der Waals surface area contributed by atoms with Gasteiger partial charge in [-0.25, -0.2) is 4.79 Å². The van der Waals surface area contributed by atoms with Crippen LogP contribution in [0.3, 0.4) is 0 Å². The van der Waals surface area contributed by atoms with Crippen molar-refractivity contribution < 1.29 is 19.5 Å². The van der Waals surface area contributed by atoms with E-state index in [-0.39, 0.29) is 24.3 Å². The molecule has 1 fully saturated rings. The van der Waals surface area contributed by atoms with Gasteiger partial charge in [0.2, 0.25) is 5.91 Å². The van der Waals surface area contributed by atoms with Crippen molar-refractivity contribution in [3.63, 3.8) is 0 Å². The van der Waals surface area contributed by atoms with Crippen molar-refractivity contribution in [2.24, 2.45) is 5.41 Å². The molecule has 0 aromatic carbocycles. The quantitative estimate of drug-likeness (QED) is 0.714. The molecule has 1 rings (SSSR count). The van der Waals surface area contributed by atoms with Crippen LogP contribution in [0.15, 0.2) is 0 Å². The Bertz CT molecular complexity index is 330. The number of hydrogen-bond acceptors (Lipinski definition) is 3. The van der Waals surface area contributed by atoms with Gasteiger partial charge in [0.25, 0.3) is 0 Å². The largest absolute Gasteiger partial charge is 0.481 e. The lowest BCUT2D eigenvalue weighted by Crippen LogP contribution is -2.43. The van der Waals surface area contributed by atoms with Crippen molar-refractivity contribution >= 4 is 17.9 Å². The van der Waals surface area contributed by atoms with E-state index < -0.39 is 18.0 Å². The highest BCUT2D eigenvalue weighted by atomic mass is 16.4. The zero-order valence-electron chi connectivity index (χ0n) is 10.3. The van der Waals surface area contributed by atoms with Crippen molar-refractivity contribution in [1.82, 2.24) is 10.2 Å². The number of rotatable bonds is 4. The van der Waals surface area contributed by atoms with Gasteiger partial charge in [0, 0.05) is 0 Å². The smallest absolute Gasteiger partial charge is 0.324 e. The lowest BCUT2D eigenvalue weighted by atomic mass is 9.86. The molecule has 0 aromatic rings. The minimum Gasteiger partial charge on any atom is -0.481 e. The molecule has 0 spiro atoms. The summed E-state index contributed by atoms with van der Waals surface area (Å²) in [4.78, 5) is 34.9. The van der Waals surface area contributed by atoms with Crippen molar-refractivity contribution in [2.75, 3.05) is 6.54 Å². The Kier molecular flexibility index (Phi) is 3.75. The van der Waals surface area contributed by atoms with Crippen LogP contribution in [-0.4, -0.2) is 40.5 Å². The third kappa shape index (κ3) is 3.72. The van der Waals surface area contributed by atoms with Crippen LogP contribution in [0.5, 0.6) is 0 Å². The lowest BCUT2D eigenvalue weighted by Gasteiger charge is -2.30. The molecule has 1 saturated heterocycles. The molecule has 0 aliphatic carbocycles. The van der Waals surface area contributed by atoms with Gasteiger partial charge in [0.05, 0.1) is 19.0 Å². The normalized spacial score (nSPS) is 18.2.